The Morgan fingerprint density at radius 2 is 0.500 bits per heavy atom. The summed E-state index contributed by atoms with van der Waals surface area (Å²) in [6.45, 7) is 4.90. The second-order valence-corrected chi connectivity index (χ2v) is 28.5. The molecule has 19 heteroatoms. The Bertz CT molecular complexity index is 1850. The number of aliphatic hydroxyl groups excluding tert-OH is 1. The molecule has 0 aliphatic rings. The molecule has 0 saturated carbocycles. The molecule has 3 N–H and O–H groups in total. The van der Waals surface area contributed by atoms with E-state index >= 15 is 0 Å². The van der Waals surface area contributed by atoms with Gasteiger partial charge in [-0.25, -0.2) is 9.13 Å². The molecule has 0 heterocycles. The first-order valence-corrected chi connectivity index (χ1v) is 40.6. The first kappa shape index (κ1) is 89.5. The maximum atomic E-state index is 13.0. The van der Waals surface area contributed by atoms with Crippen LogP contribution in [-0.4, -0.2) is 96.7 Å². The molecule has 0 aliphatic carbocycles. The standard InChI is InChI=1S/C73H138O17P2/c1-5-9-13-17-21-25-29-33-37-41-45-49-53-57-70(75)83-63-68(89-72(77)59-55-51-47-43-39-35-31-27-23-19-15-11-7-3)65-87-91(79,80)85-61-67(74)62-86-92(81,82)88-66-69(90-73(78)60-56-52-48-44-40-36-32-28-24-20-16-12-8-4)64-84-71(76)58-54-50-46-42-38-34-30-26-22-18-14-10-6-2/h25,28-29,32,67-69,74H,5-24,26-27,30-31,33-66H2,1-4H3,(H,79,80)(H,81,82)/b29-25-,32-28-/t67-,68-,69-/m1/s1. The van der Waals surface area contributed by atoms with Crippen LogP contribution in [0.5, 0.6) is 0 Å². The molecule has 2 unspecified atom stereocenters. The van der Waals surface area contributed by atoms with E-state index in [2.05, 4.69) is 52.0 Å². The lowest BCUT2D eigenvalue weighted by molar-refractivity contribution is -0.161. The Morgan fingerprint density at radius 3 is 0.761 bits per heavy atom. The molecule has 0 aromatic heterocycles. The summed E-state index contributed by atoms with van der Waals surface area (Å²) >= 11 is 0. The smallest absolute Gasteiger partial charge is 0.462 e. The summed E-state index contributed by atoms with van der Waals surface area (Å²) in [6.07, 6.45) is 58.8. The van der Waals surface area contributed by atoms with Crippen molar-refractivity contribution in [3.63, 3.8) is 0 Å². The number of esters is 4. The summed E-state index contributed by atoms with van der Waals surface area (Å²) in [4.78, 5) is 72.7. The SMILES string of the molecule is CCCCCC/C=C\CCCCCCCC(=O)OC[C@H](COP(=O)(O)OC[C@@H](O)COP(=O)(O)OC[C@@H](COC(=O)CCCCCCCCCCCCCCC)OC(=O)CCCCCCC/C=C\CCCCCC)OC(=O)CCCCCCCCCCCCCCC. The van der Waals surface area contributed by atoms with E-state index in [1.54, 1.807) is 0 Å². The van der Waals surface area contributed by atoms with Crippen molar-refractivity contribution in [2.75, 3.05) is 39.6 Å². The van der Waals surface area contributed by atoms with Gasteiger partial charge in [-0.2, -0.15) is 0 Å². The molecule has 17 nitrogen and oxygen atoms in total. The Morgan fingerprint density at radius 1 is 0.293 bits per heavy atom. The molecule has 0 aromatic carbocycles. The van der Waals surface area contributed by atoms with Gasteiger partial charge < -0.3 is 33.8 Å². The molecular formula is C73H138O17P2. The molecule has 0 fully saturated rings. The lowest BCUT2D eigenvalue weighted by atomic mass is 10.0. The van der Waals surface area contributed by atoms with Crippen LogP contribution in [0.3, 0.4) is 0 Å². The molecule has 0 saturated heterocycles. The van der Waals surface area contributed by atoms with Crippen molar-refractivity contribution >= 4 is 39.5 Å². The van der Waals surface area contributed by atoms with Gasteiger partial charge in [-0.3, -0.25) is 37.3 Å². The van der Waals surface area contributed by atoms with Gasteiger partial charge in [0.15, 0.2) is 12.2 Å². The predicted octanol–water partition coefficient (Wildman–Crippen LogP) is 21.0. The summed E-state index contributed by atoms with van der Waals surface area (Å²) in [5, 5.41) is 10.6. The number of rotatable bonds is 72. The minimum absolute atomic E-state index is 0.0933. The van der Waals surface area contributed by atoms with Crippen molar-refractivity contribution in [2.45, 2.75) is 380 Å². The quantitative estimate of drug-likeness (QED) is 0.0169. The van der Waals surface area contributed by atoms with Crippen LogP contribution < -0.4 is 0 Å². The highest BCUT2D eigenvalue weighted by Crippen LogP contribution is 2.45. The van der Waals surface area contributed by atoms with Gasteiger partial charge in [-0.05, 0) is 77.0 Å². The summed E-state index contributed by atoms with van der Waals surface area (Å²) in [7, 11) is -9.92. The number of carbonyl (C=O) groups excluding carboxylic acids is 4. The first-order valence-electron chi connectivity index (χ1n) is 37.6. The van der Waals surface area contributed by atoms with E-state index in [-0.39, 0.29) is 25.7 Å². The van der Waals surface area contributed by atoms with E-state index < -0.39 is 97.5 Å². The molecule has 0 radical (unpaired) electrons. The Labute approximate surface area is 561 Å². The van der Waals surface area contributed by atoms with Crippen molar-refractivity contribution in [1.29, 1.82) is 0 Å². The Kier molecular flexibility index (Phi) is 65.3. The number of hydrogen-bond acceptors (Lipinski definition) is 15. The first-order chi connectivity index (χ1) is 44.7. The van der Waals surface area contributed by atoms with Crippen LogP contribution in [0.4, 0.5) is 0 Å². The fourth-order valence-corrected chi connectivity index (χ4v) is 12.2. The van der Waals surface area contributed by atoms with E-state index in [0.717, 1.165) is 122 Å². The zero-order chi connectivity index (χ0) is 67.5. The molecule has 0 aromatic rings. The third kappa shape index (κ3) is 66.2. The van der Waals surface area contributed by atoms with Crippen molar-refractivity contribution in [3.05, 3.63) is 24.3 Å². The third-order valence-electron chi connectivity index (χ3n) is 16.4. The number of hydrogen-bond donors (Lipinski definition) is 3. The van der Waals surface area contributed by atoms with Crippen LogP contribution in [0.2, 0.25) is 0 Å². The zero-order valence-corrected chi connectivity index (χ0v) is 60.8. The third-order valence-corrected chi connectivity index (χ3v) is 18.3. The number of carbonyl (C=O) groups is 4. The number of ether oxygens (including phenoxy) is 4. The van der Waals surface area contributed by atoms with Gasteiger partial charge >= 0.3 is 39.5 Å². The normalized spacial score (nSPS) is 14.1. The van der Waals surface area contributed by atoms with Gasteiger partial charge in [0.1, 0.15) is 19.3 Å². The molecule has 0 bridgehead atoms. The zero-order valence-electron chi connectivity index (χ0n) is 59.0. The fourth-order valence-electron chi connectivity index (χ4n) is 10.6. The van der Waals surface area contributed by atoms with E-state index in [1.807, 2.05) is 0 Å². The lowest BCUT2D eigenvalue weighted by Crippen LogP contribution is -2.30. The molecule has 92 heavy (non-hydrogen) atoms. The van der Waals surface area contributed by atoms with Crippen LogP contribution in [0.15, 0.2) is 24.3 Å². The second kappa shape index (κ2) is 67.1. The maximum Gasteiger partial charge on any atom is 0.472 e. The minimum atomic E-state index is -4.96. The lowest BCUT2D eigenvalue weighted by Gasteiger charge is -2.21. The van der Waals surface area contributed by atoms with E-state index in [0.29, 0.717) is 25.7 Å². The fraction of sp³-hybridized carbons (Fsp3) is 0.890. The summed E-state index contributed by atoms with van der Waals surface area (Å²) in [6, 6.07) is 0. The number of allylic oxidation sites excluding steroid dienone is 4. The number of phosphoric acid groups is 2. The molecule has 542 valence electrons. The average Bonchev–Trinajstić information content (AvgIpc) is 3.63. The van der Waals surface area contributed by atoms with Crippen LogP contribution >= 0.6 is 15.6 Å². The van der Waals surface area contributed by atoms with Crippen molar-refractivity contribution in [3.8, 4) is 0 Å². The number of aliphatic hydroxyl groups is 1. The molecule has 0 rings (SSSR count). The van der Waals surface area contributed by atoms with Gasteiger partial charge in [0, 0.05) is 25.7 Å². The minimum Gasteiger partial charge on any atom is -0.462 e. The van der Waals surface area contributed by atoms with E-state index in [9.17, 15) is 43.2 Å². The van der Waals surface area contributed by atoms with Crippen molar-refractivity contribution < 1.29 is 80.2 Å². The maximum absolute atomic E-state index is 13.0. The molecule has 0 aliphatic heterocycles. The van der Waals surface area contributed by atoms with Crippen molar-refractivity contribution in [1.82, 2.24) is 0 Å². The Hall–Kier alpha value is -2.46. The molecule has 5 atom stereocenters. The van der Waals surface area contributed by atoms with Crippen LogP contribution in [0.1, 0.15) is 362 Å². The topological polar surface area (TPSA) is 237 Å². The van der Waals surface area contributed by atoms with Gasteiger partial charge in [-0.1, -0.05) is 283 Å². The second-order valence-electron chi connectivity index (χ2n) is 25.6. The predicted molar refractivity (Wildman–Crippen MR) is 372 cm³/mol. The summed E-state index contributed by atoms with van der Waals surface area (Å²) in [5.74, 6) is -2.15. The largest absolute Gasteiger partial charge is 0.472 e. The molecule has 0 spiro atoms. The summed E-state index contributed by atoms with van der Waals surface area (Å²) in [5.41, 5.74) is 0. The highest BCUT2D eigenvalue weighted by Gasteiger charge is 2.30. The Balaban J connectivity index is 5.29. The van der Waals surface area contributed by atoms with Crippen LogP contribution in [0, 0.1) is 0 Å². The number of unbranched alkanes of at least 4 members (excludes halogenated alkanes) is 42. The van der Waals surface area contributed by atoms with E-state index in [4.69, 9.17) is 37.0 Å². The average molecular weight is 1350 g/mol. The van der Waals surface area contributed by atoms with Crippen LogP contribution in [0.25, 0.3) is 0 Å². The summed E-state index contributed by atoms with van der Waals surface area (Å²) < 4.78 is 68.4. The van der Waals surface area contributed by atoms with Gasteiger partial charge in [0.2, 0.25) is 0 Å². The van der Waals surface area contributed by atoms with Crippen LogP contribution in [-0.2, 0) is 65.4 Å². The molecular weight excluding hydrogens is 1210 g/mol. The van der Waals surface area contributed by atoms with Crippen molar-refractivity contribution in [2.24, 2.45) is 0 Å². The van der Waals surface area contributed by atoms with Gasteiger partial charge in [-0.15, -0.1) is 0 Å². The monoisotopic (exact) mass is 1350 g/mol. The number of phosphoric ester groups is 2. The highest BCUT2D eigenvalue weighted by atomic mass is 31.2. The van der Waals surface area contributed by atoms with Gasteiger partial charge in [0.25, 0.3) is 0 Å². The van der Waals surface area contributed by atoms with E-state index in [1.165, 1.54) is 161 Å². The molecule has 0 amide bonds. The van der Waals surface area contributed by atoms with Gasteiger partial charge in [0.05, 0.1) is 26.4 Å². The highest BCUT2D eigenvalue weighted by molar-refractivity contribution is 7.47.